The van der Waals surface area contributed by atoms with E-state index in [2.05, 4.69) is 31.3 Å². The van der Waals surface area contributed by atoms with Gasteiger partial charge in [0.1, 0.15) is 12.4 Å². The Balaban J connectivity index is 1.99. The number of rotatable bonds is 5. The van der Waals surface area contributed by atoms with Crippen LogP contribution in [0.5, 0.6) is 0 Å². The molecule has 8 heteroatoms. The highest BCUT2D eigenvalue weighted by Crippen LogP contribution is 2.18. The molecule has 2 aromatic carbocycles. The van der Waals surface area contributed by atoms with Gasteiger partial charge in [-0.3, -0.25) is 14.4 Å². The third-order valence-electron chi connectivity index (χ3n) is 3.21. The van der Waals surface area contributed by atoms with Crippen LogP contribution >= 0.6 is 15.9 Å². The zero-order valence-electron chi connectivity index (χ0n) is 13.1. The maximum absolute atomic E-state index is 13.5. The van der Waals surface area contributed by atoms with Gasteiger partial charge in [-0.1, -0.05) is 0 Å². The van der Waals surface area contributed by atoms with Crippen LogP contribution in [-0.4, -0.2) is 31.4 Å². The van der Waals surface area contributed by atoms with Gasteiger partial charge in [0.05, 0.1) is 11.6 Å². The van der Waals surface area contributed by atoms with Gasteiger partial charge in [-0.15, -0.1) is 0 Å². The summed E-state index contributed by atoms with van der Waals surface area (Å²) in [6.07, 6.45) is 0. The molecule has 0 aliphatic carbocycles. The quantitative estimate of drug-likeness (QED) is 0.744. The first-order chi connectivity index (χ1) is 11.9. The molecule has 0 atom stereocenters. The summed E-state index contributed by atoms with van der Waals surface area (Å²) in [6.45, 7) is -0.233. The summed E-state index contributed by atoms with van der Waals surface area (Å²) in [7, 11) is 1.23. The number of esters is 1. The van der Waals surface area contributed by atoms with Crippen molar-refractivity contribution in [3.63, 3.8) is 0 Å². The fraction of sp³-hybridized carbons (Fsp3) is 0.118. The molecule has 0 fully saturated rings. The minimum absolute atomic E-state index is 0.167. The number of benzene rings is 2. The average Bonchev–Trinajstić information content (AvgIpc) is 2.62. The maximum atomic E-state index is 13.5. The summed E-state index contributed by atoms with van der Waals surface area (Å²) in [5.41, 5.74) is 0.926. The van der Waals surface area contributed by atoms with Crippen LogP contribution in [0.15, 0.2) is 46.9 Å². The Kier molecular flexibility index (Phi) is 6.24. The minimum atomic E-state index is -0.557. The zero-order valence-corrected chi connectivity index (χ0v) is 14.7. The molecule has 2 amide bonds. The van der Waals surface area contributed by atoms with Gasteiger partial charge in [-0.2, -0.15) is 0 Å². The normalized spacial score (nSPS) is 10.0. The van der Waals surface area contributed by atoms with Crippen molar-refractivity contribution in [2.24, 2.45) is 0 Å². The number of nitrogens with one attached hydrogen (secondary N) is 2. The molecule has 0 aliphatic rings. The molecule has 2 aromatic rings. The third-order valence-corrected chi connectivity index (χ3v) is 3.85. The molecule has 0 aliphatic heterocycles. The molecule has 0 spiro atoms. The highest BCUT2D eigenvalue weighted by Gasteiger charge is 2.11. The number of halogens is 2. The van der Waals surface area contributed by atoms with Crippen LogP contribution in [0, 0.1) is 5.82 Å². The fourth-order valence-electron chi connectivity index (χ4n) is 1.87. The summed E-state index contributed by atoms with van der Waals surface area (Å²) in [6, 6.07) is 10.1. The lowest BCUT2D eigenvalue weighted by Crippen LogP contribution is -2.30. The molecule has 0 saturated heterocycles. The lowest BCUT2D eigenvalue weighted by Gasteiger charge is -2.08. The third kappa shape index (κ3) is 5.12. The molecule has 2 N–H and O–H groups in total. The van der Waals surface area contributed by atoms with E-state index in [0.29, 0.717) is 11.3 Å². The molecule has 0 heterocycles. The second-order valence-electron chi connectivity index (χ2n) is 4.92. The number of hydrogen-bond acceptors (Lipinski definition) is 4. The molecule has 0 radical (unpaired) electrons. The summed E-state index contributed by atoms with van der Waals surface area (Å²) < 4.78 is 18.2. The van der Waals surface area contributed by atoms with Crippen molar-refractivity contribution in [1.82, 2.24) is 5.32 Å². The summed E-state index contributed by atoms with van der Waals surface area (Å²) >= 11 is 3.02. The molecule has 25 heavy (non-hydrogen) atoms. The van der Waals surface area contributed by atoms with E-state index in [1.54, 1.807) is 0 Å². The van der Waals surface area contributed by atoms with Gasteiger partial charge >= 0.3 is 5.97 Å². The van der Waals surface area contributed by atoms with Gasteiger partial charge in [0.15, 0.2) is 0 Å². The monoisotopic (exact) mass is 408 g/mol. The zero-order chi connectivity index (χ0) is 18.4. The van der Waals surface area contributed by atoms with E-state index in [-0.39, 0.29) is 16.6 Å². The predicted octanol–water partition coefficient (Wildman–Crippen LogP) is 2.74. The van der Waals surface area contributed by atoms with Gasteiger partial charge in [-0.25, -0.2) is 4.39 Å². The molecule has 6 nitrogen and oxygen atoms in total. The Morgan fingerprint density at radius 3 is 2.28 bits per heavy atom. The smallest absolute Gasteiger partial charge is 0.325 e. The number of ether oxygens (including phenoxy) is 1. The summed E-state index contributed by atoms with van der Waals surface area (Å²) in [4.78, 5) is 34.9. The van der Waals surface area contributed by atoms with Gasteiger partial charge in [-0.05, 0) is 58.4 Å². The topological polar surface area (TPSA) is 84.5 Å². The molecule has 0 saturated carbocycles. The van der Waals surface area contributed by atoms with E-state index in [9.17, 15) is 18.8 Å². The Bertz CT molecular complexity index is 809. The number of amides is 2. The lowest BCUT2D eigenvalue weighted by atomic mass is 10.1. The Labute approximate surface area is 151 Å². The standard InChI is InChI=1S/C17H14BrFN2O4/c1-25-15(22)9-20-16(23)10-2-5-12(6-3-10)21-17(24)11-4-7-13(18)14(19)8-11/h2-8H,9H2,1H3,(H,20,23)(H,21,24). The molecule has 130 valence electrons. The first kappa shape index (κ1) is 18.6. The Hall–Kier alpha value is -2.74. The van der Waals surface area contributed by atoms with E-state index in [4.69, 9.17) is 0 Å². The second-order valence-corrected chi connectivity index (χ2v) is 5.77. The number of methoxy groups -OCH3 is 1. The van der Waals surface area contributed by atoms with Crippen LogP contribution in [0.25, 0.3) is 0 Å². The van der Waals surface area contributed by atoms with Crippen molar-refractivity contribution in [1.29, 1.82) is 0 Å². The Morgan fingerprint density at radius 1 is 1.04 bits per heavy atom. The van der Waals surface area contributed by atoms with Gasteiger partial charge < -0.3 is 15.4 Å². The lowest BCUT2D eigenvalue weighted by molar-refractivity contribution is -0.139. The number of carbonyl (C=O) groups excluding carboxylic acids is 3. The second kappa shape index (κ2) is 8.39. The highest BCUT2D eigenvalue weighted by atomic mass is 79.9. The first-order valence-electron chi connectivity index (χ1n) is 7.12. The van der Waals surface area contributed by atoms with E-state index in [0.717, 1.165) is 6.07 Å². The van der Waals surface area contributed by atoms with Crippen molar-refractivity contribution in [3.8, 4) is 0 Å². The van der Waals surface area contributed by atoms with Gasteiger partial charge in [0.25, 0.3) is 11.8 Å². The van der Waals surface area contributed by atoms with E-state index < -0.39 is 23.6 Å². The average molecular weight is 409 g/mol. The van der Waals surface area contributed by atoms with Crippen LogP contribution in [-0.2, 0) is 9.53 Å². The van der Waals surface area contributed by atoms with E-state index in [1.165, 1.54) is 43.5 Å². The largest absolute Gasteiger partial charge is 0.468 e. The van der Waals surface area contributed by atoms with Crippen LogP contribution in [0.4, 0.5) is 10.1 Å². The number of anilines is 1. The highest BCUT2D eigenvalue weighted by molar-refractivity contribution is 9.10. The number of hydrogen-bond donors (Lipinski definition) is 2. The first-order valence-corrected chi connectivity index (χ1v) is 7.91. The summed E-state index contributed by atoms with van der Waals surface area (Å²) in [5.74, 6) is -2.02. The van der Waals surface area contributed by atoms with E-state index >= 15 is 0 Å². The number of carbonyl (C=O) groups is 3. The van der Waals surface area contributed by atoms with Gasteiger partial charge in [0, 0.05) is 16.8 Å². The molecular weight excluding hydrogens is 395 g/mol. The van der Waals surface area contributed by atoms with E-state index in [1.807, 2.05) is 0 Å². The SMILES string of the molecule is COC(=O)CNC(=O)c1ccc(NC(=O)c2ccc(Br)c(F)c2)cc1. The van der Waals surface area contributed by atoms with Crippen molar-refractivity contribution in [3.05, 3.63) is 63.9 Å². The molecule has 0 unspecified atom stereocenters. The van der Waals surface area contributed by atoms with Crippen LogP contribution in [0.3, 0.4) is 0 Å². The van der Waals surface area contributed by atoms with Crippen LogP contribution in [0.2, 0.25) is 0 Å². The van der Waals surface area contributed by atoms with Crippen LogP contribution < -0.4 is 10.6 Å². The van der Waals surface area contributed by atoms with Gasteiger partial charge in [0.2, 0.25) is 0 Å². The van der Waals surface area contributed by atoms with Crippen molar-refractivity contribution in [2.75, 3.05) is 19.0 Å². The van der Waals surface area contributed by atoms with Crippen molar-refractivity contribution in [2.45, 2.75) is 0 Å². The Morgan fingerprint density at radius 2 is 1.68 bits per heavy atom. The molecule has 2 rings (SSSR count). The van der Waals surface area contributed by atoms with Crippen molar-refractivity contribution < 1.29 is 23.5 Å². The van der Waals surface area contributed by atoms with Crippen LogP contribution in [0.1, 0.15) is 20.7 Å². The molecule has 0 bridgehead atoms. The maximum Gasteiger partial charge on any atom is 0.325 e. The van der Waals surface area contributed by atoms with Crippen molar-refractivity contribution >= 4 is 39.4 Å². The summed E-state index contributed by atoms with van der Waals surface area (Å²) in [5, 5.41) is 5.00. The molecular formula is C17H14BrFN2O4. The molecule has 0 aromatic heterocycles. The minimum Gasteiger partial charge on any atom is -0.468 e. The predicted molar refractivity (Wildman–Crippen MR) is 92.8 cm³/mol. The fourth-order valence-corrected chi connectivity index (χ4v) is 2.12.